The van der Waals surface area contributed by atoms with Crippen molar-refractivity contribution in [2.24, 2.45) is 0 Å². The first kappa shape index (κ1) is 19.8. The highest BCUT2D eigenvalue weighted by molar-refractivity contribution is 7.22. The summed E-state index contributed by atoms with van der Waals surface area (Å²) in [4.78, 5) is 19.5. The van der Waals surface area contributed by atoms with Gasteiger partial charge in [-0.25, -0.2) is 9.50 Å². The van der Waals surface area contributed by atoms with E-state index in [1.165, 1.54) is 6.33 Å². The third-order valence-corrected chi connectivity index (χ3v) is 7.28. The zero-order valence-electron chi connectivity index (χ0n) is 17.9. The molecule has 0 bridgehead atoms. The number of nitrogens with two attached hydrogens (primary N) is 1. The molecule has 7 nitrogen and oxygen atoms in total. The highest BCUT2D eigenvalue weighted by atomic mass is 32.1. The predicted octanol–water partition coefficient (Wildman–Crippen LogP) is 4.24. The first-order chi connectivity index (χ1) is 15.0. The van der Waals surface area contributed by atoms with Gasteiger partial charge in [0, 0.05) is 41.6 Å². The van der Waals surface area contributed by atoms with Crippen LogP contribution in [0.1, 0.15) is 36.9 Å². The molecule has 2 N–H and O–H groups in total. The Morgan fingerprint density at radius 2 is 2.16 bits per heavy atom. The van der Waals surface area contributed by atoms with Gasteiger partial charge in [0.25, 0.3) is 0 Å². The van der Waals surface area contributed by atoms with Crippen LogP contribution in [-0.4, -0.2) is 45.6 Å². The van der Waals surface area contributed by atoms with Gasteiger partial charge < -0.3 is 15.4 Å². The number of thiophene rings is 1. The molecule has 160 valence electrons. The number of hydrogen-bond acceptors (Lipinski definition) is 6. The number of benzene rings is 1. The second kappa shape index (κ2) is 7.53. The van der Waals surface area contributed by atoms with Crippen molar-refractivity contribution in [1.29, 1.82) is 0 Å². The van der Waals surface area contributed by atoms with Crippen molar-refractivity contribution in [2.75, 3.05) is 25.9 Å². The molecule has 0 saturated carbocycles. The summed E-state index contributed by atoms with van der Waals surface area (Å²) in [5.41, 5.74) is 10.4. The Kier molecular flexibility index (Phi) is 4.81. The Bertz CT molecular complexity index is 1310. The molecule has 1 fully saturated rings. The molecule has 4 aromatic rings. The molecule has 1 amide bonds. The van der Waals surface area contributed by atoms with Gasteiger partial charge in [-0.15, -0.1) is 11.3 Å². The Morgan fingerprint density at radius 3 is 2.94 bits per heavy atom. The fourth-order valence-electron chi connectivity index (χ4n) is 4.57. The van der Waals surface area contributed by atoms with Crippen LogP contribution in [0.5, 0.6) is 5.75 Å². The van der Waals surface area contributed by atoms with Crippen molar-refractivity contribution in [3.8, 4) is 16.2 Å². The number of methoxy groups -OCH3 is 1. The van der Waals surface area contributed by atoms with E-state index in [2.05, 4.69) is 41.3 Å². The molecule has 31 heavy (non-hydrogen) atoms. The van der Waals surface area contributed by atoms with E-state index in [4.69, 9.17) is 10.5 Å². The summed E-state index contributed by atoms with van der Waals surface area (Å²) < 4.78 is 8.64. The van der Waals surface area contributed by atoms with Crippen LogP contribution in [-0.2, 0) is 4.79 Å². The topological polar surface area (TPSA) is 85.8 Å². The second-order valence-corrected chi connectivity index (χ2v) is 9.12. The van der Waals surface area contributed by atoms with E-state index >= 15 is 0 Å². The van der Waals surface area contributed by atoms with Crippen molar-refractivity contribution < 1.29 is 9.53 Å². The quantitative estimate of drug-likeness (QED) is 0.518. The Morgan fingerprint density at radius 1 is 1.32 bits per heavy atom. The number of rotatable bonds is 4. The van der Waals surface area contributed by atoms with Gasteiger partial charge in [-0.05, 0) is 42.5 Å². The molecule has 1 aliphatic heterocycles. The SMILES string of the molecule is CCC(=O)N1CCC(c2cc(-c3cc4cc(C)cc(OC)c4s3)c3c(N)ncnn23)C1. The number of hydrogen-bond donors (Lipinski definition) is 1. The average molecular weight is 436 g/mol. The monoisotopic (exact) mass is 435 g/mol. The molecule has 0 aliphatic carbocycles. The number of aromatic nitrogens is 3. The molecule has 1 aromatic carbocycles. The van der Waals surface area contributed by atoms with Crippen LogP contribution in [0.25, 0.3) is 26.0 Å². The molecular weight excluding hydrogens is 410 g/mol. The fourth-order valence-corrected chi connectivity index (χ4v) is 5.72. The lowest BCUT2D eigenvalue weighted by Gasteiger charge is -2.15. The van der Waals surface area contributed by atoms with Gasteiger partial charge >= 0.3 is 0 Å². The number of carbonyl (C=O) groups excluding carboxylic acids is 1. The summed E-state index contributed by atoms with van der Waals surface area (Å²) >= 11 is 1.68. The normalized spacial score (nSPS) is 16.5. The Balaban J connectivity index is 1.65. The third kappa shape index (κ3) is 3.22. The second-order valence-electron chi connectivity index (χ2n) is 8.06. The van der Waals surface area contributed by atoms with Gasteiger partial charge in [0.2, 0.25) is 5.91 Å². The molecule has 5 rings (SSSR count). The third-order valence-electron chi connectivity index (χ3n) is 6.08. The molecule has 8 heteroatoms. The Labute approximate surface area is 184 Å². The lowest BCUT2D eigenvalue weighted by atomic mass is 10.0. The molecule has 1 unspecified atom stereocenters. The van der Waals surface area contributed by atoms with E-state index in [0.29, 0.717) is 18.8 Å². The largest absolute Gasteiger partial charge is 0.495 e. The molecular formula is C23H25N5O2S. The average Bonchev–Trinajstić information content (AvgIpc) is 3.48. The van der Waals surface area contributed by atoms with Crippen LogP contribution in [0.4, 0.5) is 5.82 Å². The number of nitrogen functional groups attached to an aromatic ring is 1. The maximum Gasteiger partial charge on any atom is 0.222 e. The van der Waals surface area contributed by atoms with Crippen LogP contribution in [0.15, 0.2) is 30.6 Å². The van der Waals surface area contributed by atoms with Gasteiger partial charge in [0.1, 0.15) is 17.6 Å². The maximum atomic E-state index is 12.2. The first-order valence-corrected chi connectivity index (χ1v) is 11.3. The minimum absolute atomic E-state index is 0.199. The predicted molar refractivity (Wildman–Crippen MR) is 124 cm³/mol. The minimum Gasteiger partial charge on any atom is -0.495 e. The minimum atomic E-state index is 0.199. The van der Waals surface area contributed by atoms with Crippen molar-refractivity contribution in [3.05, 3.63) is 41.9 Å². The molecule has 1 aliphatic rings. The number of amides is 1. The molecule has 0 spiro atoms. The zero-order chi connectivity index (χ0) is 21.7. The molecule has 4 heterocycles. The highest BCUT2D eigenvalue weighted by Crippen LogP contribution is 2.43. The van der Waals surface area contributed by atoms with Gasteiger partial charge in [0.15, 0.2) is 5.82 Å². The van der Waals surface area contributed by atoms with E-state index in [-0.39, 0.29) is 11.8 Å². The smallest absolute Gasteiger partial charge is 0.222 e. The van der Waals surface area contributed by atoms with Crippen LogP contribution in [0, 0.1) is 6.92 Å². The van der Waals surface area contributed by atoms with Gasteiger partial charge in [-0.3, -0.25) is 4.79 Å². The van der Waals surface area contributed by atoms with E-state index in [1.807, 2.05) is 16.3 Å². The molecule has 1 atom stereocenters. The van der Waals surface area contributed by atoms with E-state index in [9.17, 15) is 4.79 Å². The number of aryl methyl sites for hydroxylation is 1. The number of anilines is 1. The number of likely N-dealkylation sites (tertiary alicyclic amines) is 1. The van der Waals surface area contributed by atoms with Gasteiger partial charge in [0.05, 0.1) is 11.8 Å². The van der Waals surface area contributed by atoms with Crippen molar-refractivity contribution in [1.82, 2.24) is 19.5 Å². The van der Waals surface area contributed by atoms with Gasteiger partial charge in [-0.1, -0.05) is 13.0 Å². The molecule has 0 radical (unpaired) electrons. The van der Waals surface area contributed by atoms with Crippen LogP contribution < -0.4 is 10.5 Å². The molecule has 1 saturated heterocycles. The lowest BCUT2D eigenvalue weighted by molar-refractivity contribution is -0.129. The molecule has 3 aromatic heterocycles. The van der Waals surface area contributed by atoms with Gasteiger partial charge in [-0.2, -0.15) is 5.10 Å². The summed E-state index contributed by atoms with van der Waals surface area (Å²) in [6.07, 6.45) is 2.95. The number of fused-ring (bicyclic) bond motifs is 2. The summed E-state index contributed by atoms with van der Waals surface area (Å²) in [5.74, 6) is 1.75. The maximum absolute atomic E-state index is 12.2. The van der Waals surface area contributed by atoms with Crippen molar-refractivity contribution in [2.45, 2.75) is 32.6 Å². The summed E-state index contributed by atoms with van der Waals surface area (Å²) in [6, 6.07) is 8.58. The standard InChI is InChI=1S/C23H25N5O2S/c1-4-20(29)27-6-5-14(11-27)17-10-16(21-23(24)25-12-26-28(17)21)19-9-15-7-13(2)8-18(30-3)22(15)31-19/h7-10,12,14H,4-6,11H2,1-3H3,(H2,24,25,26). The highest BCUT2D eigenvalue weighted by Gasteiger charge is 2.30. The summed E-state index contributed by atoms with van der Waals surface area (Å²) in [5, 5.41) is 5.67. The van der Waals surface area contributed by atoms with Crippen molar-refractivity contribution >= 4 is 38.7 Å². The first-order valence-electron chi connectivity index (χ1n) is 10.5. The number of ether oxygens (including phenoxy) is 1. The number of carbonyl (C=O) groups is 1. The van der Waals surface area contributed by atoms with Crippen LogP contribution in [0.3, 0.4) is 0 Å². The van der Waals surface area contributed by atoms with Crippen LogP contribution >= 0.6 is 11.3 Å². The fraction of sp³-hybridized carbons (Fsp3) is 0.348. The zero-order valence-corrected chi connectivity index (χ0v) is 18.7. The lowest BCUT2D eigenvalue weighted by Crippen LogP contribution is -2.27. The summed E-state index contributed by atoms with van der Waals surface area (Å²) in [6.45, 7) is 5.47. The van der Waals surface area contributed by atoms with Crippen molar-refractivity contribution in [3.63, 3.8) is 0 Å². The van der Waals surface area contributed by atoms with E-state index in [0.717, 1.165) is 56.0 Å². The number of nitrogens with zero attached hydrogens (tertiary/aromatic N) is 4. The van der Waals surface area contributed by atoms with E-state index in [1.54, 1.807) is 18.4 Å². The summed E-state index contributed by atoms with van der Waals surface area (Å²) in [7, 11) is 1.70. The van der Waals surface area contributed by atoms with E-state index < -0.39 is 0 Å². The Hall–Kier alpha value is -3.13. The van der Waals surface area contributed by atoms with Crippen LogP contribution in [0.2, 0.25) is 0 Å².